The number of hydrogen-bond acceptors (Lipinski definition) is 4. The number of halogens is 3. The monoisotopic (exact) mass is 332 g/mol. The summed E-state index contributed by atoms with van der Waals surface area (Å²) in [7, 11) is -3.06. The second kappa shape index (κ2) is 5.84. The van der Waals surface area contributed by atoms with Crippen LogP contribution in [0.3, 0.4) is 0 Å². The van der Waals surface area contributed by atoms with Gasteiger partial charge in [0.15, 0.2) is 0 Å². The summed E-state index contributed by atoms with van der Waals surface area (Å²) in [5.74, 6) is 0.268. The number of hydrogen-bond donors (Lipinski definition) is 1. The molecule has 0 radical (unpaired) electrons. The van der Waals surface area contributed by atoms with Gasteiger partial charge in [-0.05, 0) is 12.1 Å². The van der Waals surface area contributed by atoms with E-state index in [0.717, 1.165) is 18.3 Å². The second-order valence-corrected chi connectivity index (χ2v) is 5.86. The standard InChI is InChI=1S/C13H11F3N2O3S/c1-21-10-6-9(7-17-8-10)18-22(19,20)12-5-3-2-4-11(12)13(14,15)16/h2-8,18H,1H3. The van der Waals surface area contributed by atoms with Crippen LogP contribution in [-0.4, -0.2) is 20.5 Å². The molecule has 0 aliphatic rings. The van der Waals surface area contributed by atoms with Gasteiger partial charge in [0.05, 0.1) is 35.6 Å². The van der Waals surface area contributed by atoms with Gasteiger partial charge in [-0.25, -0.2) is 8.42 Å². The quantitative estimate of drug-likeness (QED) is 0.935. The normalized spacial score (nSPS) is 12.0. The van der Waals surface area contributed by atoms with Crippen molar-refractivity contribution in [2.24, 2.45) is 0 Å². The number of aromatic nitrogens is 1. The van der Waals surface area contributed by atoms with Crippen molar-refractivity contribution < 1.29 is 26.3 Å². The Kier molecular flexibility index (Phi) is 4.27. The molecule has 22 heavy (non-hydrogen) atoms. The third-order valence-electron chi connectivity index (χ3n) is 2.68. The summed E-state index contributed by atoms with van der Waals surface area (Å²) in [5, 5.41) is 0. The first-order valence-corrected chi connectivity index (χ1v) is 7.40. The van der Waals surface area contributed by atoms with Crippen molar-refractivity contribution in [3.63, 3.8) is 0 Å². The lowest BCUT2D eigenvalue weighted by Gasteiger charge is -2.14. The topological polar surface area (TPSA) is 68.3 Å². The van der Waals surface area contributed by atoms with E-state index < -0.39 is 26.7 Å². The van der Waals surface area contributed by atoms with Gasteiger partial charge in [0.1, 0.15) is 5.75 Å². The van der Waals surface area contributed by atoms with E-state index in [0.29, 0.717) is 6.07 Å². The number of rotatable bonds is 4. The van der Waals surface area contributed by atoms with Crippen LogP contribution in [0.4, 0.5) is 18.9 Å². The molecule has 0 saturated carbocycles. The van der Waals surface area contributed by atoms with Gasteiger partial charge < -0.3 is 4.74 Å². The Morgan fingerprint density at radius 3 is 2.50 bits per heavy atom. The molecule has 1 heterocycles. The van der Waals surface area contributed by atoms with Crippen LogP contribution in [-0.2, 0) is 16.2 Å². The van der Waals surface area contributed by atoms with E-state index in [-0.39, 0.29) is 11.4 Å². The Morgan fingerprint density at radius 1 is 1.18 bits per heavy atom. The predicted octanol–water partition coefficient (Wildman–Crippen LogP) is 2.91. The fraction of sp³-hybridized carbons (Fsp3) is 0.154. The van der Waals surface area contributed by atoms with Crippen molar-refractivity contribution in [2.45, 2.75) is 11.1 Å². The van der Waals surface area contributed by atoms with Gasteiger partial charge in [0, 0.05) is 6.07 Å². The number of methoxy groups -OCH3 is 1. The molecular formula is C13H11F3N2O3S. The van der Waals surface area contributed by atoms with Crippen molar-refractivity contribution in [3.05, 3.63) is 48.3 Å². The summed E-state index contributed by atoms with van der Waals surface area (Å²) in [5.41, 5.74) is -1.24. The molecule has 0 unspecified atom stereocenters. The number of nitrogens with zero attached hydrogens (tertiary/aromatic N) is 1. The third kappa shape index (κ3) is 3.48. The summed E-state index contributed by atoms with van der Waals surface area (Å²) in [6.45, 7) is 0. The molecule has 0 bridgehead atoms. The number of ether oxygens (including phenoxy) is 1. The van der Waals surface area contributed by atoms with Gasteiger partial charge >= 0.3 is 6.18 Å². The van der Waals surface area contributed by atoms with Crippen molar-refractivity contribution in [1.29, 1.82) is 0 Å². The first-order chi connectivity index (χ1) is 10.2. The molecule has 2 rings (SSSR count). The Bertz CT molecular complexity index is 776. The molecule has 0 spiro atoms. The average molecular weight is 332 g/mol. The third-order valence-corrected chi connectivity index (χ3v) is 4.12. The molecule has 1 aromatic heterocycles. The van der Waals surface area contributed by atoms with Crippen molar-refractivity contribution >= 4 is 15.7 Å². The van der Waals surface area contributed by atoms with Crippen LogP contribution in [0.5, 0.6) is 5.75 Å². The molecule has 5 nitrogen and oxygen atoms in total. The molecule has 9 heteroatoms. The van der Waals surface area contributed by atoms with E-state index in [1.807, 2.05) is 0 Å². The van der Waals surface area contributed by atoms with Crippen LogP contribution in [0, 0.1) is 0 Å². The average Bonchev–Trinajstić information content (AvgIpc) is 2.46. The fourth-order valence-electron chi connectivity index (χ4n) is 1.73. The highest BCUT2D eigenvalue weighted by atomic mass is 32.2. The maximum atomic E-state index is 12.9. The van der Waals surface area contributed by atoms with Gasteiger partial charge in [-0.3, -0.25) is 9.71 Å². The SMILES string of the molecule is COc1cncc(NS(=O)(=O)c2ccccc2C(F)(F)F)c1. The Hall–Kier alpha value is -2.29. The number of alkyl halides is 3. The molecule has 0 amide bonds. The largest absolute Gasteiger partial charge is 0.495 e. The van der Waals surface area contributed by atoms with Crippen LogP contribution in [0.1, 0.15) is 5.56 Å². The van der Waals surface area contributed by atoms with E-state index in [9.17, 15) is 21.6 Å². The van der Waals surface area contributed by atoms with Crippen LogP contribution < -0.4 is 9.46 Å². The lowest BCUT2D eigenvalue weighted by Crippen LogP contribution is -2.19. The van der Waals surface area contributed by atoms with Crippen molar-refractivity contribution in [3.8, 4) is 5.75 Å². The number of pyridine rings is 1. The second-order valence-electron chi connectivity index (χ2n) is 4.21. The minimum Gasteiger partial charge on any atom is -0.495 e. The van der Waals surface area contributed by atoms with Gasteiger partial charge in [-0.2, -0.15) is 13.2 Å². The van der Waals surface area contributed by atoms with Crippen LogP contribution in [0.15, 0.2) is 47.6 Å². The van der Waals surface area contributed by atoms with E-state index >= 15 is 0 Å². The molecule has 1 N–H and O–H groups in total. The number of anilines is 1. The highest BCUT2D eigenvalue weighted by Crippen LogP contribution is 2.34. The van der Waals surface area contributed by atoms with Gasteiger partial charge in [-0.1, -0.05) is 12.1 Å². The summed E-state index contributed by atoms with van der Waals surface area (Å²) in [6, 6.07) is 5.24. The summed E-state index contributed by atoms with van der Waals surface area (Å²) >= 11 is 0. The zero-order chi connectivity index (χ0) is 16.4. The maximum Gasteiger partial charge on any atom is 0.417 e. The zero-order valence-electron chi connectivity index (χ0n) is 11.3. The van der Waals surface area contributed by atoms with E-state index in [1.54, 1.807) is 0 Å². The van der Waals surface area contributed by atoms with E-state index in [2.05, 4.69) is 9.71 Å². The van der Waals surface area contributed by atoms with E-state index in [1.165, 1.54) is 25.4 Å². The molecule has 2 aromatic rings. The minimum absolute atomic E-state index is 0.00340. The summed E-state index contributed by atoms with van der Waals surface area (Å²) in [6.07, 6.45) is -2.28. The first kappa shape index (κ1) is 16.1. The smallest absolute Gasteiger partial charge is 0.417 e. The highest BCUT2D eigenvalue weighted by molar-refractivity contribution is 7.92. The molecule has 0 atom stereocenters. The predicted molar refractivity (Wildman–Crippen MR) is 73.0 cm³/mol. The minimum atomic E-state index is -4.78. The first-order valence-electron chi connectivity index (χ1n) is 5.92. The molecule has 0 fully saturated rings. The molecule has 0 saturated heterocycles. The van der Waals surface area contributed by atoms with Crippen LogP contribution >= 0.6 is 0 Å². The fourth-order valence-corrected chi connectivity index (χ4v) is 2.99. The van der Waals surface area contributed by atoms with Crippen LogP contribution in [0.25, 0.3) is 0 Å². The number of sulfonamides is 1. The molecule has 0 aliphatic carbocycles. The molecule has 0 aliphatic heterocycles. The Morgan fingerprint density at radius 2 is 1.86 bits per heavy atom. The van der Waals surface area contributed by atoms with Gasteiger partial charge in [0.25, 0.3) is 10.0 Å². The van der Waals surface area contributed by atoms with Crippen molar-refractivity contribution in [2.75, 3.05) is 11.8 Å². The Balaban J connectivity index is 2.43. The highest BCUT2D eigenvalue weighted by Gasteiger charge is 2.36. The maximum absolute atomic E-state index is 12.9. The van der Waals surface area contributed by atoms with Crippen LogP contribution in [0.2, 0.25) is 0 Å². The molecule has 1 aromatic carbocycles. The van der Waals surface area contributed by atoms with E-state index in [4.69, 9.17) is 4.74 Å². The van der Waals surface area contributed by atoms with Gasteiger partial charge in [-0.15, -0.1) is 0 Å². The number of benzene rings is 1. The lowest BCUT2D eigenvalue weighted by molar-refractivity contribution is -0.139. The summed E-state index contributed by atoms with van der Waals surface area (Å²) in [4.78, 5) is 2.87. The number of nitrogens with one attached hydrogen (secondary N) is 1. The molecular weight excluding hydrogens is 321 g/mol. The Labute approximate surface area is 124 Å². The zero-order valence-corrected chi connectivity index (χ0v) is 12.1. The summed E-state index contributed by atoms with van der Waals surface area (Å²) < 4.78 is 70.0. The lowest BCUT2D eigenvalue weighted by atomic mass is 10.2. The van der Waals surface area contributed by atoms with Crippen molar-refractivity contribution in [1.82, 2.24) is 4.98 Å². The molecule has 118 valence electrons. The van der Waals surface area contributed by atoms with Gasteiger partial charge in [0.2, 0.25) is 0 Å².